The second kappa shape index (κ2) is 5.50. The van der Waals surface area contributed by atoms with Gasteiger partial charge >= 0.3 is 0 Å². The van der Waals surface area contributed by atoms with Gasteiger partial charge < -0.3 is 9.74 Å². The molecule has 0 aliphatic heterocycles. The Kier molecular flexibility index (Phi) is 4.56. The van der Waals surface area contributed by atoms with Crippen molar-refractivity contribution < 1.29 is 4.43 Å². The zero-order valence-corrected chi connectivity index (χ0v) is 12.2. The topological polar surface area (TPSA) is 21.3 Å². The minimum absolute atomic E-state index is 0.200. The van der Waals surface area contributed by atoms with E-state index in [9.17, 15) is 0 Å². The maximum Gasteiger partial charge on any atom is 0.173 e. The number of nitrogens with one attached hydrogen (secondary N) is 1. The summed E-state index contributed by atoms with van der Waals surface area (Å²) in [5.74, 6) is 0. The van der Waals surface area contributed by atoms with E-state index in [0.717, 1.165) is 5.69 Å². The van der Waals surface area contributed by atoms with Crippen LogP contribution in [0.15, 0.2) is 24.3 Å². The third-order valence-corrected chi connectivity index (χ3v) is 3.25. The quantitative estimate of drug-likeness (QED) is 0.640. The molecular formula is C13H23NOSi. The van der Waals surface area contributed by atoms with Crippen LogP contribution in [0.25, 0.3) is 0 Å². The van der Waals surface area contributed by atoms with Crippen LogP contribution in [0.4, 0.5) is 5.69 Å². The van der Waals surface area contributed by atoms with Crippen LogP contribution in [0, 0.1) is 0 Å². The van der Waals surface area contributed by atoms with Crippen LogP contribution in [0.5, 0.6) is 0 Å². The highest BCUT2D eigenvalue weighted by molar-refractivity contribution is 6.48. The second-order valence-electron chi connectivity index (χ2n) is 5.37. The molecule has 0 aromatic heterocycles. The summed E-state index contributed by atoms with van der Waals surface area (Å²) < 4.78 is 5.60. The first-order valence-electron chi connectivity index (χ1n) is 5.85. The van der Waals surface area contributed by atoms with E-state index in [-0.39, 0.29) is 5.41 Å². The molecular weight excluding hydrogens is 214 g/mol. The minimum atomic E-state index is -0.920. The van der Waals surface area contributed by atoms with E-state index in [1.54, 1.807) is 0 Å². The molecule has 3 heteroatoms. The highest BCUT2D eigenvalue weighted by Crippen LogP contribution is 2.24. The monoisotopic (exact) mass is 237 g/mol. The number of hydrogen-bond acceptors (Lipinski definition) is 2. The van der Waals surface area contributed by atoms with Gasteiger partial charge in [-0.15, -0.1) is 0 Å². The lowest BCUT2D eigenvalue weighted by Crippen LogP contribution is -2.15. The van der Waals surface area contributed by atoms with E-state index in [4.69, 9.17) is 4.43 Å². The summed E-state index contributed by atoms with van der Waals surface area (Å²) in [7, 11) is -0.920. The van der Waals surface area contributed by atoms with Gasteiger partial charge in [-0.25, -0.2) is 0 Å². The molecule has 1 aromatic rings. The second-order valence-corrected chi connectivity index (χ2v) is 7.80. The van der Waals surface area contributed by atoms with Crippen LogP contribution in [0.2, 0.25) is 13.1 Å². The lowest BCUT2D eigenvalue weighted by atomic mass is 9.87. The Hall–Kier alpha value is -0.803. The molecule has 0 amide bonds. The zero-order valence-electron chi connectivity index (χ0n) is 11.0. The van der Waals surface area contributed by atoms with Gasteiger partial charge in [0, 0.05) is 5.69 Å². The van der Waals surface area contributed by atoms with Crippen LogP contribution in [0.1, 0.15) is 26.3 Å². The fraction of sp³-hybridized carbons (Fsp3) is 0.538. The first-order valence-corrected chi connectivity index (χ1v) is 8.63. The van der Waals surface area contributed by atoms with Crippen molar-refractivity contribution in [2.24, 2.45) is 0 Å². The molecule has 90 valence electrons. The third-order valence-electron chi connectivity index (χ3n) is 2.42. The van der Waals surface area contributed by atoms with Crippen molar-refractivity contribution in [2.45, 2.75) is 39.3 Å². The lowest BCUT2D eigenvalue weighted by molar-refractivity contribution is 0.357. The van der Waals surface area contributed by atoms with Crippen molar-refractivity contribution in [3.63, 3.8) is 0 Å². The maximum atomic E-state index is 5.60. The van der Waals surface area contributed by atoms with Crippen LogP contribution in [-0.2, 0) is 9.84 Å². The number of anilines is 1. The fourth-order valence-electron chi connectivity index (χ4n) is 1.39. The summed E-state index contributed by atoms with van der Waals surface area (Å²) in [6, 6.07) is 8.55. The van der Waals surface area contributed by atoms with Gasteiger partial charge in [-0.1, -0.05) is 32.9 Å². The Bertz CT molecular complexity index is 331. The number of hydrogen-bond donors (Lipinski definition) is 1. The summed E-state index contributed by atoms with van der Waals surface area (Å²) in [6.45, 7) is 11.6. The van der Waals surface area contributed by atoms with E-state index >= 15 is 0 Å². The van der Waals surface area contributed by atoms with Crippen molar-refractivity contribution in [1.82, 2.24) is 0 Å². The van der Waals surface area contributed by atoms with Gasteiger partial charge in [0.25, 0.3) is 0 Å². The van der Waals surface area contributed by atoms with Crippen LogP contribution in [0.3, 0.4) is 0 Å². The molecule has 0 unspecified atom stereocenters. The van der Waals surface area contributed by atoms with E-state index in [2.05, 4.69) is 63.4 Å². The number of benzene rings is 1. The van der Waals surface area contributed by atoms with E-state index in [0.29, 0.717) is 6.73 Å². The van der Waals surface area contributed by atoms with Crippen molar-refractivity contribution in [2.75, 3.05) is 12.0 Å². The molecule has 0 heterocycles. The lowest BCUT2D eigenvalue weighted by Gasteiger charge is -2.20. The largest absolute Gasteiger partial charge is 0.404 e. The van der Waals surface area contributed by atoms with E-state index in [1.165, 1.54) is 5.56 Å². The molecule has 0 aliphatic rings. The molecule has 0 spiro atoms. The Morgan fingerprint density at radius 1 is 1.25 bits per heavy atom. The summed E-state index contributed by atoms with van der Waals surface area (Å²) in [6.07, 6.45) is 0. The van der Waals surface area contributed by atoms with Crippen molar-refractivity contribution >= 4 is 14.7 Å². The Morgan fingerprint density at radius 3 is 2.50 bits per heavy atom. The molecule has 0 saturated carbocycles. The number of rotatable bonds is 4. The normalized spacial score (nSPS) is 11.9. The molecule has 0 saturated heterocycles. The SMILES string of the molecule is C[SiH](C)OCNc1cccc(C(C)(C)C)c1. The molecule has 1 aromatic carbocycles. The predicted molar refractivity (Wildman–Crippen MR) is 73.6 cm³/mol. The van der Waals surface area contributed by atoms with E-state index < -0.39 is 9.04 Å². The fourth-order valence-corrected chi connectivity index (χ4v) is 1.80. The Morgan fingerprint density at radius 2 is 1.94 bits per heavy atom. The molecule has 0 fully saturated rings. The molecule has 16 heavy (non-hydrogen) atoms. The summed E-state index contributed by atoms with van der Waals surface area (Å²) in [5.41, 5.74) is 2.69. The van der Waals surface area contributed by atoms with Crippen molar-refractivity contribution in [3.05, 3.63) is 29.8 Å². The highest BCUT2D eigenvalue weighted by atomic mass is 28.3. The highest BCUT2D eigenvalue weighted by Gasteiger charge is 2.13. The Balaban J connectivity index is 2.61. The van der Waals surface area contributed by atoms with Gasteiger partial charge in [-0.3, -0.25) is 0 Å². The molecule has 0 radical (unpaired) electrons. The first-order chi connectivity index (χ1) is 7.39. The Labute approximate surface area is 101 Å². The average molecular weight is 237 g/mol. The average Bonchev–Trinajstić information content (AvgIpc) is 2.16. The van der Waals surface area contributed by atoms with Gasteiger partial charge in [0.15, 0.2) is 9.04 Å². The van der Waals surface area contributed by atoms with Gasteiger partial charge in [-0.05, 0) is 36.2 Å². The summed E-state index contributed by atoms with van der Waals surface area (Å²) >= 11 is 0. The van der Waals surface area contributed by atoms with Gasteiger partial charge in [0.1, 0.15) is 6.73 Å². The zero-order chi connectivity index (χ0) is 12.2. The molecule has 0 aliphatic carbocycles. The smallest absolute Gasteiger partial charge is 0.173 e. The van der Waals surface area contributed by atoms with Gasteiger partial charge in [-0.2, -0.15) is 0 Å². The third kappa shape index (κ3) is 4.37. The molecule has 0 atom stereocenters. The van der Waals surface area contributed by atoms with Gasteiger partial charge in [0.2, 0.25) is 0 Å². The first kappa shape index (κ1) is 13.3. The van der Waals surface area contributed by atoms with E-state index in [1.807, 2.05) is 0 Å². The van der Waals surface area contributed by atoms with Gasteiger partial charge in [0.05, 0.1) is 0 Å². The molecule has 1 rings (SSSR count). The maximum absolute atomic E-state index is 5.60. The summed E-state index contributed by atoms with van der Waals surface area (Å²) in [4.78, 5) is 0. The standard InChI is InChI=1S/C13H23NOSi/c1-13(2,3)11-7-6-8-12(9-11)14-10-15-16(4)5/h6-9,14,16H,10H2,1-5H3. The predicted octanol–water partition coefficient (Wildman–Crippen LogP) is 3.35. The summed E-state index contributed by atoms with van der Waals surface area (Å²) in [5, 5.41) is 3.30. The van der Waals surface area contributed by atoms with Crippen molar-refractivity contribution in [3.8, 4) is 0 Å². The molecule has 2 nitrogen and oxygen atoms in total. The molecule has 0 bridgehead atoms. The van der Waals surface area contributed by atoms with Crippen LogP contribution >= 0.6 is 0 Å². The van der Waals surface area contributed by atoms with Crippen LogP contribution < -0.4 is 5.32 Å². The minimum Gasteiger partial charge on any atom is -0.404 e. The van der Waals surface area contributed by atoms with Crippen molar-refractivity contribution in [1.29, 1.82) is 0 Å². The van der Waals surface area contributed by atoms with Crippen LogP contribution in [-0.4, -0.2) is 15.8 Å². The molecule has 1 N–H and O–H groups in total.